The molecule has 0 bridgehead atoms. The minimum absolute atomic E-state index is 0.597. The minimum Gasteiger partial charge on any atom is -0.384 e. The second kappa shape index (κ2) is 4.09. The van der Waals surface area contributed by atoms with Crippen molar-refractivity contribution < 1.29 is 0 Å². The third-order valence-electron chi connectivity index (χ3n) is 2.63. The molecule has 1 aromatic rings. The van der Waals surface area contributed by atoms with E-state index in [1.54, 1.807) is 6.20 Å². The van der Waals surface area contributed by atoms with Crippen LogP contribution < -0.4 is 10.6 Å². The van der Waals surface area contributed by atoms with Gasteiger partial charge in [-0.15, -0.1) is 0 Å². The highest BCUT2D eigenvalue weighted by Gasteiger charge is 2.20. The van der Waals surface area contributed by atoms with Gasteiger partial charge in [-0.1, -0.05) is 0 Å². The summed E-state index contributed by atoms with van der Waals surface area (Å²) in [6, 6.07) is 4.60. The Morgan fingerprint density at radius 3 is 3.14 bits per heavy atom. The third-order valence-corrected chi connectivity index (χ3v) is 3.77. The lowest BCUT2D eigenvalue weighted by Gasteiger charge is -2.25. The maximum absolute atomic E-state index is 5.65. The Bertz CT molecular complexity index is 310. The van der Waals surface area contributed by atoms with Crippen molar-refractivity contribution in [1.29, 1.82) is 0 Å². The quantitative estimate of drug-likeness (QED) is 0.803. The Hall–Kier alpha value is -0.900. The zero-order valence-electron chi connectivity index (χ0n) is 8.31. The number of thioether (sulfide) groups is 1. The van der Waals surface area contributed by atoms with Gasteiger partial charge in [0.2, 0.25) is 0 Å². The summed E-state index contributed by atoms with van der Waals surface area (Å²) in [5.41, 5.74) is 6.82. The van der Waals surface area contributed by atoms with E-state index in [0.29, 0.717) is 11.9 Å². The average Bonchev–Trinajstić information content (AvgIpc) is 2.69. The van der Waals surface area contributed by atoms with E-state index in [4.69, 9.17) is 5.73 Å². The van der Waals surface area contributed by atoms with Gasteiger partial charge in [0, 0.05) is 36.8 Å². The minimum atomic E-state index is 0.597. The van der Waals surface area contributed by atoms with Crippen LogP contribution in [-0.4, -0.2) is 29.6 Å². The molecule has 2 heterocycles. The van der Waals surface area contributed by atoms with E-state index < -0.39 is 0 Å². The second-order valence-electron chi connectivity index (χ2n) is 3.57. The predicted molar refractivity (Wildman–Crippen MR) is 62.8 cm³/mol. The van der Waals surface area contributed by atoms with E-state index in [9.17, 15) is 0 Å². The number of rotatable bonds is 2. The van der Waals surface area contributed by atoms with Crippen LogP contribution in [0.5, 0.6) is 0 Å². The van der Waals surface area contributed by atoms with Crippen molar-refractivity contribution in [2.24, 2.45) is 0 Å². The average molecular weight is 209 g/mol. The van der Waals surface area contributed by atoms with E-state index in [1.807, 2.05) is 23.9 Å². The highest BCUT2D eigenvalue weighted by molar-refractivity contribution is 7.99. The SMILES string of the molecule is CN(c1ccnc(N)c1)C1CCSC1. The van der Waals surface area contributed by atoms with E-state index in [-0.39, 0.29) is 0 Å². The number of anilines is 2. The zero-order chi connectivity index (χ0) is 9.97. The van der Waals surface area contributed by atoms with Gasteiger partial charge in [0.15, 0.2) is 0 Å². The highest BCUT2D eigenvalue weighted by atomic mass is 32.2. The molecule has 3 nitrogen and oxygen atoms in total. The lowest BCUT2D eigenvalue weighted by molar-refractivity contribution is 0.700. The summed E-state index contributed by atoms with van der Waals surface area (Å²) in [7, 11) is 2.13. The number of nitrogens with two attached hydrogens (primary N) is 1. The number of hydrogen-bond acceptors (Lipinski definition) is 4. The Morgan fingerprint density at radius 2 is 2.50 bits per heavy atom. The molecule has 14 heavy (non-hydrogen) atoms. The fourth-order valence-electron chi connectivity index (χ4n) is 1.69. The Kier molecular flexibility index (Phi) is 2.82. The lowest BCUT2D eigenvalue weighted by atomic mass is 10.2. The Labute approximate surface area is 88.7 Å². The van der Waals surface area contributed by atoms with Crippen LogP contribution in [0.25, 0.3) is 0 Å². The molecule has 76 valence electrons. The van der Waals surface area contributed by atoms with Gasteiger partial charge in [0.05, 0.1) is 0 Å². The number of aromatic nitrogens is 1. The molecule has 0 saturated carbocycles. The molecule has 1 aromatic heterocycles. The van der Waals surface area contributed by atoms with E-state index in [1.165, 1.54) is 23.6 Å². The zero-order valence-corrected chi connectivity index (χ0v) is 9.13. The lowest BCUT2D eigenvalue weighted by Crippen LogP contribution is -2.31. The van der Waals surface area contributed by atoms with Gasteiger partial charge in [-0.25, -0.2) is 4.98 Å². The number of pyridine rings is 1. The molecule has 1 unspecified atom stereocenters. The maximum atomic E-state index is 5.65. The number of nitrogen functional groups attached to an aromatic ring is 1. The molecule has 2 rings (SSSR count). The van der Waals surface area contributed by atoms with E-state index in [2.05, 4.69) is 16.9 Å². The van der Waals surface area contributed by atoms with Crippen LogP contribution in [0.2, 0.25) is 0 Å². The van der Waals surface area contributed by atoms with Gasteiger partial charge in [-0.3, -0.25) is 0 Å². The van der Waals surface area contributed by atoms with Crippen LogP contribution in [-0.2, 0) is 0 Å². The first-order valence-corrected chi connectivity index (χ1v) is 5.95. The topological polar surface area (TPSA) is 42.2 Å². The van der Waals surface area contributed by atoms with E-state index >= 15 is 0 Å². The van der Waals surface area contributed by atoms with Crippen molar-refractivity contribution in [1.82, 2.24) is 4.98 Å². The van der Waals surface area contributed by atoms with Crippen molar-refractivity contribution in [3.05, 3.63) is 18.3 Å². The Balaban J connectivity index is 2.13. The van der Waals surface area contributed by atoms with Crippen LogP contribution in [0.4, 0.5) is 11.5 Å². The summed E-state index contributed by atoms with van der Waals surface area (Å²) in [5, 5.41) is 0. The smallest absolute Gasteiger partial charge is 0.125 e. The summed E-state index contributed by atoms with van der Waals surface area (Å²) in [6.07, 6.45) is 3.03. The molecule has 1 aliphatic rings. The standard InChI is InChI=1S/C10H15N3S/c1-13(9-3-5-14-7-9)8-2-4-12-10(11)6-8/h2,4,6,9H,3,5,7H2,1H3,(H2,11,12). The number of nitrogens with zero attached hydrogens (tertiary/aromatic N) is 2. The largest absolute Gasteiger partial charge is 0.384 e. The molecule has 1 saturated heterocycles. The molecule has 4 heteroatoms. The van der Waals surface area contributed by atoms with E-state index in [0.717, 1.165) is 0 Å². The summed E-state index contributed by atoms with van der Waals surface area (Å²) < 4.78 is 0. The summed E-state index contributed by atoms with van der Waals surface area (Å²) in [6.45, 7) is 0. The van der Waals surface area contributed by atoms with Gasteiger partial charge < -0.3 is 10.6 Å². The van der Waals surface area contributed by atoms with Gasteiger partial charge in [-0.2, -0.15) is 11.8 Å². The molecule has 0 radical (unpaired) electrons. The molecular formula is C10H15N3S. The van der Waals surface area contributed by atoms with Crippen LogP contribution in [0, 0.1) is 0 Å². The number of hydrogen-bond donors (Lipinski definition) is 1. The summed E-state index contributed by atoms with van der Waals surface area (Å²) in [4.78, 5) is 6.30. The van der Waals surface area contributed by atoms with Crippen LogP contribution in [0.3, 0.4) is 0 Å². The molecular weight excluding hydrogens is 194 g/mol. The van der Waals surface area contributed by atoms with Crippen molar-refractivity contribution in [3.63, 3.8) is 0 Å². The first-order chi connectivity index (χ1) is 6.77. The fraction of sp³-hybridized carbons (Fsp3) is 0.500. The van der Waals surface area contributed by atoms with Gasteiger partial charge in [0.1, 0.15) is 5.82 Å². The van der Waals surface area contributed by atoms with Gasteiger partial charge in [0.25, 0.3) is 0 Å². The second-order valence-corrected chi connectivity index (χ2v) is 4.72. The molecule has 0 aromatic carbocycles. The molecule has 0 spiro atoms. The van der Waals surface area contributed by atoms with Crippen molar-refractivity contribution in [2.45, 2.75) is 12.5 Å². The van der Waals surface area contributed by atoms with Crippen molar-refractivity contribution in [3.8, 4) is 0 Å². The van der Waals surface area contributed by atoms with Crippen LogP contribution >= 0.6 is 11.8 Å². The summed E-state index contributed by atoms with van der Waals surface area (Å²) in [5.74, 6) is 3.09. The molecule has 1 fully saturated rings. The van der Waals surface area contributed by atoms with Gasteiger partial charge >= 0.3 is 0 Å². The molecule has 1 atom stereocenters. The van der Waals surface area contributed by atoms with Crippen molar-refractivity contribution in [2.75, 3.05) is 29.2 Å². The monoisotopic (exact) mass is 209 g/mol. The van der Waals surface area contributed by atoms with Crippen LogP contribution in [0.1, 0.15) is 6.42 Å². The van der Waals surface area contributed by atoms with Gasteiger partial charge in [-0.05, 0) is 18.2 Å². The fourth-order valence-corrected chi connectivity index (χ4v) is 2.96. The highest BCUT2D eigenvalue weighted by Crippen LogP contribution is 2.26. The van der Waals surface area contributed by atoms with Crippen molar-refractivity contribution >= 4 is 23.3 Å². The normalized spacial score (nSPS) is 21.1. The first-order valence-electron chi connectivity index (χ1n) is 4.79. The maximum Gasteiger partial charge on any atom is 0.125 e. The predicted octanol–water partition coefficient (Wildman–Crippen LogP) is 1.61. The molecule has 2 N–H and O–H groups in total. The molecule has 0 aliphatic carbocycles. The Morgan fingerprint density at radius 1 is 1.64 bits per heavy atom. The van der Waals surface area contributed by atoms with Crippen LogP contribution in [0.15, 0.2) is 18.3 Å². The first kappa shape index (κ1) is 9.65. The molecule has 0 amide bonds. The third kappa shape index (κ3) is 1.95. The summed E-state index contributed by atoms with van der Waals surface area (Å²) >= 11 is 2.02. The molecule has 1 aliphatic heterocycles.